The van der Waals surface area contributed by atoms with Gasteiger partial charge in [0.05, 0.1) is 20.3 Å². The molecule has 0 saturated heterocycles. The summed E-state index contributed by atoms with van der Waals surface area (Å²) in [4.78, 5) is 13.0. The summed E-state index contributed by atoms with van der Waals surface area (Å²) >= 11 is 0. The number of ether oxygens (including phenoxy) is 2. The summed E-state index contributed by atoms with van der Waals surface area (Å²) in [5.41, 5.74) is 3.99. The van der Waals surface area contributed by atoms with E-state index in [2.05, 4.69) is 17.4 Å². The fourth-order valence-corrected chi connectivity index (χ4v) is 3.36. The van der Waals surface area contributed by atoms with Crippen LogP contribution in [0.3, 0.4) is 0 Å². The second-order valence-corrected chi connectivity index (χ2v) is 6.95. The van der Waals surface area contributed by atoms with Gasteiger partial charge in [0.1, 0.15) is 0 Å². The first-order valence-corrected chi connectivity index (χ1v) is 9.77. The molecule has 0 aliphatic carbocycles. The highest BCUT2D eigenvalue weighted by molar-refractivity contribution is 5.96. The number of methoxy groups -OCH3 is 2. The Bertz CT molecular complexity index is 953. The lowest BCUT2D eigenvalue weighted by atomic mass is 9.99. The molecule has 0 aliphatic heterocycles. The zero-order valence-electron chi connectivity index (χ0n) is 17.1. The average Bonchev–Trinajstić information content (AvgIpc) is 2.78. The summed E-state index contributed by atoms with van der Waals surface area (Å²) in [6, 6.07) is 23.6. The molecule has 3 rings (SSSR count). The first-order valence-electron chi connectivity index (χ1n) is 9.77. The highest BCUT2D eigenvalue weighted by Gasteiger charge is 2.16. The van der Waals surface area contributed by atoms with E-state index in [-0.39, 0.29) is 11.9 Å². The van der Waals surface area contributed by atoms with Crippen molar-refractivity contribution < 1.29 is 14.3 Å². The molecule has 1 N–H and O–H groups in total. The van der Waals surface area contributed by atoms with E-state index in [1.165, 1.54) is 5.56 Å². The zero-order chi connectivity index (χ0) is 20.6. The van der Waals surface area contributed by atoms with Crippen LogP contribution >= 0.6 is 0 Å². The Balaban J connectivity index is 1.72. The Morgan fingerprint density at radius 1 is 0.862 bits per heavy atom. The molecule has 3 aromatic carbocycles. The smallest absolute Gasteiger partial charge is 0.252 e. The molecule has 0 spiro atoms. The van der Waals surface area contributed by atoms with E-state index in [1.54, 1.807) is 14.2 Å². The van der Waals surface area contributed by atoms with Gasteiger partial charge in [0, 0.05) is 5.56 Å². The van der Waals surface area contributed by atoms with Gasteiger partial charge in [-0.3, -0.25) is 4.79 Å². The van der Waals surface area contributed by atoms with Crippen LogP contribution in [0.4, 0.5) is 0 Å². The van der Waals surface area contributed by atoms with Gasteiger partial charge >= 0.3 is 0 Å². The Morgan fingerprint density at radius 2 is 1.55 bits per heavy atom. The fraction of sp³-hybridized carbons (Fsp3) is 0.240. The molecule has 0 saturated carbocycles. The normalized spacial score (nSPS) is 11.6. The van der Waals surface area contributed by atoms with Crippen LogP contribution < -0.4 is 14.8 Å². The van der Waals surface area contributed by atoms with Gasteiger partial charge in [-0.2, -0.15) is 0 Å². The predicted molar refractivity (Wildman–Crippen MR) is 116 cm³/mol. The highest BCUT2D eigenvalue weighted by atomic mass is 16.5. The first kappa shape index (κ1) is 20.5. The molecule has 3 aromatic rings. The number of rotatable bonds is 8. The summed E-state index contributed by atoms with van der Waals surface area (Å²) in [6.07, 6.45) is 1.72. The fourth-order valence-electron chi connectivity index (χ4n) is 3.36. The molecule has 1 atom stereocenters. The molecule has 29 heavy (non-hydrogen) atoms. The Kier molecular flexibility index (Phi) is 6.90. The van der Waals surface area contributed by atoms with Crippen molar-refractivity contribution in [2.45, 2.75) is 25.8 Å². The van der Waals surface area contributed by atoms with Gasteiger partial charge in [-0.05, 0) is 54.7 Å². The molecule has 4 heteroatoms. The minimum Gasteiger partial charge on any atom is -0.493 e. The Labute approximate surface area is 172 Å². The van der Waals surface area contributed by atoms with E-state index in [0.717, 1.165) is 29.5 Å². The van der Waals surface area contributed by atoms with Gasteiger partial charge in [0.2, 0.25) is 0 Å². The highest BCUT2D eigenvalue weighted by Crippen LogP contribution is 2.30. The lowest BCUT2D eigenvalue weighted by Crippen LogP contribution is -2.27. The maximum Gasteiger partial charge on any atom is 0.252 e. The minimum absolute atomic E-state index is 0.0732. The number of aryl methyl sites for hydroxylation is 2. The standard InChI is InChI=1S/C25H27NO3/c1-18(21-15-16-23(28-2)24(17-21)29-3)26-25(27)22-12-8-7-11-20(22)14-13-19-9-5-4-6-10-19/h4-12,15-18H,13-14H2,1-3H3,(H,26,27)/t18-/m1/s1. The van der Waals surface area contributed by atoms with Crippen LogP contribution in [0.1, 0.15) is 40.0 Å². The monoisotopic (exact) mass is 389 g/mol. The van der Waals surface area contributed by atoms with Crippen LogP contribution in [0.5, 0.6) is 11.5 Å². The maximum absolute atomic E-state index is 13.0. The molecule has 0 bridgehead atoms. The molecule has 1 amide bonds. The first-order chi connectivity index (χ1) is 14.1. The van der Waals surface area contributed by atoms with Crippen molar-refractivity contribution in [2.75, 3.05) is 14.2 Å². The van der Waals surface area contributed by atoms with Crippen molar-refractivity contribution in [1.29, 1.82) is 0 Å². The lowest BCUT2D eigenvalue weighted by Gasteiger charge is -2.18. The molecule has 0 fully saturated rings. The number of carbonyl (C=O) groups is 1. The van der Waals surface area contributed by atoms with Gasteiger partial charge in [-0.15, -0.1) is 0 Å². The minimum atomic E-state index is -0.163. The molecule has 0 radical (unpaired) electrons. The van der Waals surface area contributed by atoms with Crippen molar-refractivity contribution in [3.63, 3.8) is 0 Å². The third kappa shape index (κ3) is 5.17. The summed E-state index contributed by atoms with van der Waals surface area (Å²) in [5.74, 6) is 1.24. The van der Waals surface area contributed by atoms with E-state index in [9.17, 15) is 4.79 Å². The second kappa shape index (κ2) is 9.78. The van der Waals surface area contributed by atoms with Gasteiger partial charge < -0.3 is 14.8 Å². The van der Waals surface area contributed by atoms with Crippen molar-refractivity contribution in [3.05, 3.63) is 95.1 Å². The quantitative estimate of drug-likeness (QED) is 0.591. The number of nitrogens with one attached hydrogen (secondary N) is 1. The van der Waals surface area contributed by atoms with Crippen molar-refractivity contribution in [1.82, 2.24) is 5.32 Å². The predicted octanol–water partition coefficient (Wildman–Crippen LogP) is 4.98. The van der Waals surface area contributed by atoms with Gasteiger partial charge in [0.25, 0.3) is 5.91 Å². The molecule has 150 valence electrons. The van der Waals surface area contributed by atoms with E-state index in [4.69, 9.17) is 9.47 Å². The SMILES string of the molecule is COc1ccc([C@@H](C)NC(=O)c2ccccc2CCc2ccccc2)cc1OC. The number of hydrogen-bond acceptors (Lipinski definition) is 3. The zero-order valence-corrected chi connectivity index (χ0v) is 17.1. The summed E-state index contributed by atoms with van der Waals surface area (Å²) < 4.78 is 10.7. The van der Waals surface area contributed by atoms with Crippen LogP contribution in [0.25, 0.3) is 0 Å². The molecule has 4 nitrogen and oxygen atoms in total. The lowest BCUT2D eigenvalue weighted by molar-refractivity contribution is 0.0939. The number of carbonyl (C=O) groups excluding carboxylic acids is 1. The number of benzene rings is 3. The third-order valence-corrected chi connectivity index (χ3v) is 5.04. The van der Waals surface area contributed by atoms with Crippen LogP contribution in [0, 0.1) is 0 Å². The molecule has 0 heterocycles. The van der Waals surface area contributed by atoms with Crippen LogP contribution in [0.2, 0.25) is 0 Å². The van der Waals surface area contributed by atoms with Crippen molar-refractivity contribution in [3.8, 4) is 11.5 Å². The molecule has 0 unspecified atom stereocenters. The summed E-state index contributed by atoms with van der Waals surface area (Å²) in [6.45, 7) is 1.96. The molecule has 0 aliphatic rings. The van der Waals surface area contributed by atoms with E-state index < -0.39 is 0 Å². The Morgan fingerprint density at radius 3 is 2.28 bits per heavy atom. The second-order valence-electron chi connectivity index (χ2n) is 6.95. The average molecular weight is 389 g/mol. The summed E-state index contributed by atoms with van der Waals surface area (Å²) in [7, 11) is 3.21. The topological polar surface area (TPSA) is 47.6 Å². The van der Waals surface area contributed by atoms with Gasteiger partial charge in [0.15, 0.2) is 11.5 Å². The number of hydrogen-bond donors (Lipinski definition) is 1. The molecule has 0 aromatic heterocycles. The van der Waals surface area contributed by atoms with Crippen LogP contribution in [-0.4, -0.2) is 20.1 Å². The van der Waals surface area contributed by atoms with Crippen LogP contribution in [-0.2, 0) is 12.8 Å². The third-order valence-electron chi connectivity index (χ3n) is 5.04. The van der Waals surface area contributed by atoms with Crippen molar-refractivity contribution >= 4 is 5.91 Å². The van der Waals surface area contributed by atoms with E-state index in [1.807, 2.05) is 67.6 Å². The molecular weight excluding hydrogens is 362 g/mol. The van der Waals surface area contributed by atoms with E-state index in [0.29, 0.717) is 11.5 Å². The molecular formula is C25H27NO3. The van der Waals surface area contributed by atoms with Crippen LogP contribution in [0.15, 0.2) is 72.8 Å². The van der Waals surface area contributed by atoms with Gasteiger partial charge in [-0.1, -0.05) is 54.6 Å². The maximum atomic E-state index is 13.0. The number of amides is 1. The summed E-state index contributed by atoms with van der Waals surface area (Å²) in [5, 5.41) is 3.10. The van der Waals surface area contributed by atoms with Gasteiger partial charge in [-0.25, -0.2) is 0 Å². The largest absolute Gasteiger partial charge is 0.493 e. The Hall–Kier alpha value is -3.27. The van der Waals surface area contributed by atoms with Crippen molar-refractivity contribution in [2.24, 2.45) is 0 Å². The van der Waals surface area contributed by atoms with E-state index >= 15 is 0 Å².